The third-order valence-electron chi connectivity index (χ3n) is 6.21. The van der Waals surface area contributed by atoms with Gasteiger partial charge < -0.3 is 14.9 Å². The molecule has 5 unspecified atom stereocenters. The van der Waals surface area contributed by atoms with Crippen molar-refractivity contribution in [3.63, 3.8) is 0 Å². The number of carbonyl (C=O) groups excluding carboxylic acids is 1. The SMILES string of the molecule is C=C1CC(OC(=O)CC(C)C)C2C(C)(CCC2(O)C(C)C)CC1O. The maximum Gasteiger partial charge on any atom is 0.306 e. The van der Waals surface area contributed by atoms with E-state index < -0.39 is 17.8 Å². The molecule has 2 saturated carbocycles. The summed E-state index contributed by atoms with van der Waals surface area (Å²) >= 11 is 0. The number of esters is 1. The molecule has 0 heterocycles. The number of ether oxygens (including phenoxy) is 1. The Morgan fingerprint density at radius 1 is 1.33 bits per heavy atom. The molecule has 0 aliphatic heterocycles. The van der Waals surface area contributed by atoms with Gasteiger partial charge in [-0.2, -0.15) is 0 Å². The molecule has 0 bridgehead atoms. The maximum absolute atomic E-state index is 12.3. The average Bonchev–Trinajstić information content (AvgIpc) is 2.64. The summed E-state index contributed by atoms with van der Waals surface area (Å²) in [6.45, 7) is 14.1. The van der Waals surface area contributed by atoms with Gasteiger partial charge in [-0.25, -0.2) is 0 Å². The van der Waals surface area contributed by atoms with Crippen LogP contribution in [0.25, 0.3) is 0 Å². The zero-order valence-electron chi connectivity index (χ0n) is 15.8. The van der Waals surface area contributed by atoms with Gasteiger partial charge in [-0.15, -0.1) is 0 Å². The first-order valence-electron chi connectivity index (χ1n) is 9.27. The van der Waals surface area contributed by atoms with Crippen LogP contribution in [0.2, 0.25) is 0 Å². The molecule has 0 aromatic rings. The van der Waals surface area contributed by atoms with E-state index in [9.17, 15) is 15.0 Å². The van der Waals surface area contributed by atoms with Gasteiger partial charge in [0.05, 0.1) is 11.7 Å². The highest BCUT2D eigenvalue weighted by atomic mass is 16.5. The van der Waals surface area contributed by atoms with Crippen LogP contribution in [0.4, 0.5) is 0 Å². The molecule has 2 aliphatic carbocycles. The molecule has 5 atom stereocenters. The minimum atomic E-state index is -0.873. The van der Waals surface area contributed by atoms with Gasteiger partial charge in [0.2, 0.25) is 0 Å². The lowest BCUT2D eigenvalue weighted by Crippen LogP contribution is -2.50. The number of hydrogen-bond donors (Lipinski definition) is 2. The van der Waals surface area contributed by atoms with Gasteiger partial charge >= 0.3 is 5.97 Å². The lowest BCUT2D eigenvalue weighted by molar-refractivity contribution is -0.166. The highest BCUT2D eigenvalue weighted by Crippen LogP contribution is 2.58. The van der Waals surface area contributed by atoms with Crippen LogP contribution >= 0.6 is 0 Å². The van der Waals surface area contributed by atoms with Crippen molar-refractivity contribution in [2.24, 2.45) is 23.2 Å². The molecule has 24 heavy (non-hydrogen) atoms. The Morgan fingerprint density at radius 3 is 2.50 bits per heavy atom. The van der Waals surface area contributed by atoms with Gasteiger partial charge in [-0.3, -0.25) is 4.79 Å². The number of aliphatic hydroxyl groups is 2. The second-order valence-electron chi connectivity index (χ2n) is 8.99. The summed E-state index contributed by atoms with van der Waals surface area (Å²) in [5, 5.41) is 21.8. The summed E-state index contributed by atoms with van der Waals surface area (Å²) in [7, 11) is 0. The van der Waals surface area contributed by atoms with Crippen molar-refractivity contribution in [1.29, 1.82) is 0 Å². The Bertz CT molecular complexity index is 498. The van der Waals surface area contributed by atoms with Crippen LogP contribution in [0.15, 0.2) is 12.2 Å². The van der Waals surface area contributed by atoms with Crippen LogP contribution in [-0.2, 0) is 9.53 Å². The van der Waals surface area contributed by atoms with Crippen molar-refractivity contribution in [3.8, 4) is 0 Å². The molecule has 2 aliphatic rings. The Hall–Kier alpha value is -0.870. The van der Waals surface area contributed by atoms with Gasteiger partial charge in [-0.1, -0.05) is 41.2 Å². The lowest BCUT2D eigenvalue weighted by atomic mass is 9.67. The molecule has 0 saturated heterocycles. The Balaban J connectivity index is 2.36. The summed E-state index contributed by atoms with van der Waals surface area (Å²) in [5.74, 6) is -0.0929. The molecule has 0 radical (unpaired) electrons. The van der Waals surface area contributed by atoms with E-state index in [0.29, 0.717) is 31.3 Å². The lowest BCUT2D eigenvalue weighted by Gasteiger charge is -2.43. The largest absolute Gasteiger partial charge is 0.462 e. The zero-order chi connectivity index (χ0) is 18.3. The van der Waals surface area contributed by atoms with E-state index in [1.165, 1.54) is 0 Å². The Morgan fingerprint density at radius 2 is 1.96 bits per heavy atom. The number of fused-ring (bicyclic) bond motifs is 1. The first-order chi connectivity index (χ1) is 11.0. The zero-order valence-corrected chi connectivity index (χ0v) is 15.8. The van der Waals surface area contributed by atoms with E-state index in [1.54, 1.807) is 0 Å². The predicted octanol–water partition coefficient (Wildman–Crippen LogP) is 3.46. The quantitative estimate of drug-likeness (QED) is 0.608. The fourth-order valence-corrected chi connectivity index (χ4v) is 4.81. The molecule has 4 nitrogen and oxygen atoms in total. The second-order valence-corrected chi connectivity index (χ2v) is 8.99. The van der Waals surface area contributed by atoms with Crippen LogP contribution in [0.1, 0.15) is 66.7 Å². The van der Waals surface area contributed by atoms with Crippen molar-refractivity contribution in [2.75, 3.05) is 0 Å². The summed E-state index contributed by atoms with van der Waals surface area (Å²) in [5.41, 5.74) is -0.415. The molecule has 2 N–H and O–H groups in total. The molecule has 0 amide bonds. The normalized spacial score (nSPS) is 39.9. The molecule has 2 fully saturated rings. The Labute approximate surface area is 146 Å². The van der Waals surface area contributed by atoms with E-state index in [0.717, 1.165) is 6.42 Å². The minimum absolute atomic E-state index is 0.0686. The topological polar surface area (TPSA) is 66.8 Å². The summed E-state index contributed by atoms with van der Waals surface area (Å²) in [6, 6.07) is 0. The maximum atomic E-state index is 12.3. The van der Waals surface area contributed by atoms with E-state index in [4.69, 9.17) is 4.74 Å². The number of rotatable bonds is 4. The molecule has 0 aromatic heterocycles. The monoisotopic (exact) mass is 338 g/mol. The smallest absolute Gasteiger partial charge is 0.306 e. The molecular weight excluding hydrogens is 304 g/mol. The van der Waals surface area contributed by atoms with Crippen molar-refractivity contribution in [2.45, 2.75) is 84.5 Å². The fraction of sp³-hybridized carbons (Fsp3) is 0.850. The van der Waals surface area contributed by atoms with Gasteiger partial charge in [0, 0.05) is 18.8 Å². The molecule has 2 rings (SSSR count). The molecule has 0 aromatic carbocycles. The van der Waals surface area contributed by atoms with Gasteiger partial charge in [-0.05, 0) is 42.1 Å². The summed E-state index contributed by atoms with van der Waals surface area (Å²) in [6.07, 6.45) is 1.87. The van der Waals surface area contributed by atoms with E-state index in [-0.39, 0.29) is 29.1 Å². The van der Waals surface area contributed by atoms with Crippen molar-refractivity contribution >= 4 is 5.97 Å². The second kappa shape index (κ2) is 6.80. The fourth-order valence-electron chi connectivity index (χ4n) is 4.81. The van der Waals surface area contributed by atoms with Gasteiger partial charge in [0.1, 0.15) is 6.10 Å². The van der Waals surface area contributed by atoms with E-state index >= 15 is 0 Å². The van der Waals surface area contributed by atoms with Crippen LogP contribution in [0.5, 0.6) is 0 Å². The van der Waals surface area contributed by atoms with E-state index in [2.05, 4.69) is 13.5 Å². The third kappa shape index (κ3) is 3.55. The number of aliphatic hydroxyl groups excluding tert-OH is 1. The average molecular weight is 338 g/mol. The van der Waals surface area contributed by atoms with Crippen LogP contribution in [0.3, 0.4) is 0 Å². The molecule has 138 valence electrons. The summed E-state index contributed by atoms with van der Waals surface area (Å²) in [4.78, 5) is 12.3. The van der Waals surface area contributed by atoms with Crippen LogP contribution < -0.4 is 0 Å². The van der Waals surface area contributed by atoms with Crippen molar-refractivity contribution < 1.29 is 19.7 Å². The van der Waals surface area contributed by atoms with Crippen LogP contribution in [0, 0.1) is 23.2 Å². The van der Waals surface area contributed by atoms with Gasteiger partial charge in [0.15, 0.2) is 0 Å². The number of hydrogen-bond acceptors (Lipinski definition) is 4. The standard InChI is InChI=1S/C20H34O4/c1-12(2)9-17(22)24-16-10-14(5)15(21)11-19(6)7-8-20(23,13(3)4)18(16)19/h12-13,15-16,18,21,23H,5,7-11H2,1-4,6H3. The summed E-state index contributed by atoms with van der Waals surface area (Å²) < 4.78 is 5.85. The third-order valence-corrected chi connectivity index (χ3v) is 6.21. The van der Waals surface area contributed by atoms with Crippen LogP contribution in [-0.4, -0.2) is 34.0 Å². The highest BCUT2D eigenvalue weighted by Gasteiger charge is 2.60. The van der Waals surface area contributed by atoms with Gasteiger partial charge in [0.25, 0.3) is 0 Å². The predicted molar refractivity (Wildman–Crippen MR) is 94.3 cm³/mol. The van der Waals surface area contributed by atoms with Crippen molar-refractivity contribution in [3.05, 3.63) is 12.2 Å². The highest BCUT2D eigenvalue weighted by molar-refractivity contribution is 5.69. The molecular formula is C20H34O4. The first-order valence-corrected chi connectivity index (χ1v) is 9.27. The Kier molecular flexibility index (Phi) is 5.51. The molecule has 4 heteroatoms. The minimum Gasteiger partial charge on any atom is -0.462 e. The molecule has 0 spiro atoms. The van der Waals surface area contributed by atoms with E-state index in [1.807, 2.05) is 27.7 Å². The number of carbonyl (C=O) groups is 1. The van der Waals surface area contributed by atoms with Crippen molar-refractivity contribution in [1.82, 2.24) is 0 Å². The first kappa shape index (κ1) is 19.5.